The molecule has 0 bridgehead atoms. The number of hydrazone groups is 1. The van der Waals surface area contributed by atoms with Crippen LogP contribution in [0.2, 0.25) is 0 Å². The Balaban J connectivity index is 1.72. The molecule has 3 N–H and O–H groups in total. The molecule has 1 heterocycles. The highest BCUT2D eigenvalue weighted by Gasteiger charge is 2.14. The van der Waals surface area contributed by atoms with E-state index >= 15 is 0 Å². The predicted octanol–water partition coefficient (Wildman–Crippen LogP) is 1.51. The van der Waals surface area contributed by atoms with Crippen LogP contribution in [0.5, 0.6) is 0 Å². The normalized spacial score (nSPS) is 16.1. The molecular weight excluding hydrogens is 256 g/mol. The molecular formula is C14H20N4S. The monoisotopic (exact) mass is 276 g/mol. The maximum atomic E-state index is 5.35. The third-order valence-electron chi connectivity index (χ3n) is 3.32. The smallest absolute Gasteiger partial charge is 0.184 e. The van der Waals surface area contributed by atoms with E-state index in [9.17, 15) is 0 Å². The highest BCUT2D eigenvalue weighted by atomic mass is 32.1. The van der Waals surface area contributed by atoms with Crippen molar-refractivity contribution in [2.75, 3.05) is 19.6 Å². The lowest BCUT2D eigenvalue weighted by molar-refractivity contribution is 0.278. The maximum absolute atomic E-state index is 5.35. The van der Waals surface area contributed by atoms with E-state index in [0.717, 1.165) is 44.6 Å². The van der Waals surface area contributed by atoms with E-state index in [4.69, 9.17) is 18.0 Å². The molecule has 4 nitrogen and oxygen atoms in total. The Morgan fingerprint density at radius 1 is 1.26 bits per heavy atom. The minimum Gasteiger partial charge on any atom is -0.375 e. The zero-order valence-electron chi connectivity index (χ0n) is 11.0. The van der Waals surface area contributed by atoms with Gasteiger partial charge in [0.05, 0.1) is 0 Å². The molecule has 1 aromatic carbocycles. The third kappa shape index (κ3) is 4.96. The van der Waals surface area contributed by atoms with Crippen molar-refractivity contribution in [3.63, 3.8) is 0 Å². The fraction of sp³-hybridized carbons (Fsp3) is 0.429. The van der Waals surface area contributed by atoms with Crippen LogP contribution in [0.25, 0.3) is 0 Å². The molecule has 1 fully saturated rings. The number of thiocarbonyl (C=S) groups is 1. The Morgan fingerprint density at radius 3 is 2.58 bits per heavy atom. The lowest BCUT2D eigenvalue weighted by atomic mass is 10.1. The summed E-state index contributed by atoms with van der Waals surface area (Å²) in [4.78, 5) is 2.48. The largest absolute Gasteiger partial charge is 0.375 e. The van der Waals surface area contributed by atoms with E-state index in [1.165, 1.54) is 5.56 Å². The molecule has 102 valence electrons. The number of likely N-dealkylation sites (tertiary alicyclic amines) is 1. The van der Waals surface area contributed by atoms with Gasteiger partial charge in [0.25, 0.3) is 0 Å². The molecule has 1 saturated heterocycles. The lowest BCUT2D eigenvalue weighted by Crippen LogP contribution is -2.36. The van der Waals surface area contributed by atoms with Crippen molar-refractivity contribution in [2.45, 2.75) is 19.3 Å². The van der Waals surface area contributed by atoms with Crippen molar-refractivity contribution >= 4 is 23.0 Å². The molecule has 19 heavy (non-hydrogen) atoms. The summed E-state index contributed by atoms with van der Waals surface area (Å²) in [6.45, 7) is 3.23. The number of nitrogens with zero attached hydrogens (tertiary/aromatic N) is 2. The number of piperidine rings is 1. The molecule has 0 saturated carbocycles. The minimum absolute atomic E-state index is 0.235. The second-order valence-electron chi connectivity index (χ2n) is 4.73. The molecule has 0 atom stereocenters. The summed E-state index contributed by atoms with van der Waals surface area (Å²) in [5.74, 6) is 0. The summed E-state index contributed by atoms with van der Waals surface area (Å²) in [5.41, 5.74) is 10.6. The fourth-order valence-corrected chi connectivity index (χ4v) is 2.26. The number of nitrogens with two attached hydrogens (primary N) is 1. The molecule has 0 unspecified atom stereocenters. The molecule has 1 aromatic rings. The van der Waals surface area contributed by atoms with Gasteiger partial charge in [0.15, 0.2) is 5.11 Å². The van der Waals surface area contributed by atoms with Crippen molar-refractivity contribution < 1.29 is 0 Å². The van der Waals surface area contributed by atoms with Crippen molar-refractivity contribution in [1.29, 1.82) is 0 Å². The molecule has 0 aromatic heterocycles. The third-order valence-corrected chi connectivity index (χ3v) is 3.41. The van der Waals surface area contributed by atoms with Gasteiger partial charge in [-0.3, -0.25) is 5.43 Å². The van der Waals surface area contributed by atoms with E-state index in [-0.39, 0.29) is 5.11 Å². The van der Waals surface area contributed by atoms with E-state index in [1.807, 2.05) is 0 Å². The Bertz CT molecular complexity index is 434. The number of benzene rings is 1. The molecule has 1 aliphatic rings. The standard InChI is InChI=1S/C14H20N4S/c15-14(19)17-16-13-7-10-18(11-8-13)9-6-12-4-2-1-3-5-12/h1-5H,6-11H2,(H3,15,17,19). The first kappa shape index (κ1) is 14.0. The van der Waals surface area contributed by atoms with Gasteiger partial charge in [-0.25, -0.2) is 0 Å². The topological polar surface area (TPSA) is 53.6 Å². The molecule has 0 aliphatic carbocycles. The molecule has 0 radical (unpaired) electrons. The van der Waals surface area contributed by atoms with Crippen LogP contribution < -0.4 is 11.2 Å². The van der Waals surface area contributed by atoms with Crippen molar-refractivity contribution in [2.24, 2.45) is 10.8 Å². The Kier molecular flexibility index (Phi) is 5.30. The average molecular weight is 276 g/mol. The van der Waals surface area contributed by atoms with Gasteiger partial charge in [-0.15, -0.1) is 0 Å². The molecule has 0 spiro atoms. The summed E-state index contributed by atoms with van der Waals surface area (Å²) in [6.07, 6.45) is 3.09. The van der Waals surface area contributed by atoms with Crippen LogP contribution in [0.3, 0.4) is 0 Å². The van der Waals surface area contributed by atoms with Gasteiger partial charge in [0.2, 0.25) is 0 Å². The quantitative estimate of drug-likeness (QED) is 0.646. The Labute approximate surface area is 119 Å². The van der Waals surface area contributed by atoms with Crippen molar-refractivity contribution in [1.82, 2.24) is 10.3 Å². The first-order valence-electron chi connectivity index (χ1n) is 6.61. The zero-order chi connectivity index (χ0) is 13.5. The van der Waals surface area contributed by atoms with E-state index in [2.05, 4.69) is 45.8 Å². The highest BCUT2D eigenvalue weighted by molar-refractivity contribution is 7.80. The summed E-state index contributed by atoms with van der Waals surface area (Å²) in [5, 5.41) is 4.44. The predicted molar refractivity (Wildman–Crippen MR) is 83.2 cm³/mol. The van der Waals surface area contributed by atoms with Crippen LogP contribution >= 0.6 is 12.2 Å². The highest BCUT2D eigenvalue weighted by Crippen LogP contribution is 2.09. The summed E-state index contributed by atoms with van der Waals surface area (Å²) in [6, 6.07) is 10.6. The fourth-order valence-electron chi connectivity index (χ4n) is 2.21. The van der Waals surface area contributed by atoms with Crippen LogP contribution in [-0.4, -0.2) is 35.4 Å². The molecule has 2 rings (SSSR count). The second-order valence-corrected chi connectivity index (χ2v) is 5.17. The van der Waals surface area contributed by atoms with Crippen molar-refractivity contribution in [3.8, 4) is 0 Å². The van der Waals surface area contributed by atoms with Gasteiger partial charge in [0, 0.05) is 38.2 Å². The van der Waals surface area contributed by atoms with Gasteiger partial charge >= 0.3 is 0 Å². The SMILES string of the molecule is NC(=S)NN=C1CCN(CCc2ccccc2)CC1. The Morgan fingerprint density at radius 2 is 1.95 bits per heavy atom. The van der Waals surface area contributed by atoms with Gasteiger partial charge in [0.1, 0.15) is 0 Å². The molecule has 5 heteroatoms. The van der Waals surface area contributed by atoms with Gasteiger partial charge in [-0.1, -0.05) is 30.3 Å². The van der Waals surface area contributed by atoms with Gasteiger partial charge in [-0.05, 0) is 24.2 Å². The van der Waals surface area contributed by atoms with Crippen LogP contribution in [0.4, 0.5) is 0 Å². The number of nitrogens with one attached hydrogen (secondary N) is 1. The van der Waals surface area contributed by atoms with Gasteiger partial charge in [-0.2, -0.15) is 5.10 Å². The summed E-state index contributed by atoms with van der Waals surface area (Å²) < 4.78 is 0. The number of rotatable bonds is 4. The van der Waals surface area contributed by atoms with Crippen LogP contribution in [0.15, 0.2) is 35.4 Å². The van der Waals surface area contributed by atoms with Crippen LogP contribution in [0, 0.1) is 0 Å². The maximum Gasteiger partial charge on any atom is 0.184 e. The summed E-state index contributed by atoms with van der Waals surface area (Å²) in [7, 11) is 0. The second kappa shape index (κ2) is 7.21. The lowest BCUT2D eigenvalue weighted by Gasteiger charge is -2.27. The first-order valence-corrected chi connectivity index (χ1v) is 7.02. The van der Waals surface area contributed by atoms with Crippen LogP contribution in [-0.2, 0) is 6.42 Å². The molecule has 1 aliphatic heterocycles. The van der Waals surface area contributed by atoms with E-state index in [1.54, 1.807) is 0 Å². The first-order chi connectivity index (χ1) is 9.24. The van der Waals surface area contributed by atoms with Crippen LogP contribution in [0.1, 0.15) is 18.4 Å². The van der Waals surface area contributed by atoms with Crippen molar-refractivity contribution in [3.05, 3.63) is 35.9 Å². The summed E-state index contributed by atoms with van der Waals surface area (Å²) >= 11 is 4.73. The average Bonchev–Trinajstić information content (AvgIpc) is 2.45. The minimum atomic E-state index is 0.235. The molecule has 0 amide bonds. The number of hydrogen-bond acceptors (Lipinski definition) is 3. The van der Waals surface area contributed by atoms with Gasteiger partial charge < -0.3 is 10.6 Å². The zero-order valence-corrected chi connectivity index (χ0v) is 11.8. The van der Waals surface area contributed by atoms with E-state index < -0.39 is 0 Å². The Hall–Kier alpha value is -1.46. The van der Waals surface area contributed by atoms with E-state index in [0.29, 0.717) is 0 Å². The number of hydrogen-bond donors (Lipinski definition) is 2.